The fourth-order valence-corrected chi connectivity index (χ4v) is 2.72. The van der Waals surface area contributed by atoms with Gasteiger partial charge in [-0.15, -0.1) is 0 Å². The van der Waals surface area contributed by atoms with Crippen molar-refractivity contribution in [3.8, 4) is 0 Å². The normalized spacial score (nSPS) is 16.4. The van der Waals surface area contributed by atoms with Crippen LogP contribution in [0.15, 0.2) is 54.6 Å². The zero-order valence-electron chi connectivity index (χ0n) is 12.6. The lowest BCUT2D eigenvalue weighted by Gasteiger charge is -2.29. The highest BCUT2D eigenvalue weighted by atomic mass is 16.2. The first kappa shape index (κ1) is 14.3. The van der Waals surface area contributed by atoms with Gasteiger partial charge in [-0.05, 0) is 38.1 Å². The van der Waals surface area contributed by atoms with Gasteiger partial charge in [0.2, 0.25) is 0 Å². The predicted octanol–water partition coefficient (Wildman–Crippen LogP) is 3.17. The van der Waals surface area contributed by atoms with Gasteiger partial charge in [0.05, 0.1) is 17.2 Å². The van der Waals surface area contributed by atoms with Gasteiger partial charge in [0.25, 0.3) is 11.8 Å². The standard InChI is InChI=1S/C18H18N2O2/c1-12(19-14-8-4-3-5-9-14)13(2)20-17(21)15-10-6-7-11-16(15)18(20)22/h3-13,19H,1-2H3. The summed E-state index contributed by atoms with van der Waals surface area (Å²) < 4.78 is 0. The molecule has 22 heavy (non-hydrogen) atoms. The molecule has 1 aliphatic rings. The van der Waals surface area contributed by atoms with Crippen LogP contribution >= 0.6 is 0 Å². The summed E-state index contributed by atoms with van der Waals surface area (Å²) in [6.45, 7) is 3.86. The van der Waals surface area contributed by atoms with Gasteiger partial charge in [0, 0.05) is 11.7 Å². The van der Waals surface area contributed by atoms with Crippen LogP contribution in [0.1, 0.15) is 34.6 Å². The van der Waals surface area contributed by atoms with Crippen molar-refractivity contribution in [2.75, 3.05) is 5.32 Å². The Morgan fingerprint density at radius 2 is 1.32 bits per heavy atom. The molecule has 0 fully saturated rings. The molecule has 1 N–H and O–H groups in total. The molecule has 0 spiro atoms. The Hall–Kier alpha value is -2.62. The summed E-state index contributed by atoms with van der Waals surface area (Å²) in [6, 6.07) is 16.4. The summed E-state index contributed by atoms with van der Waals surface area (Å²) in [6.07, 6.45) is 0. The number of hydrogen-bond donors (Lipinski definition) is 1. The molecule has 2 unspecified atom stereocenters. The minimum atomic E-state index is -0.243. The van der Waals surface area contributed by atoms with E-state index in [2.05, 4.69) is 5.32 Å². The maximum atomic E-state index is 12.5. The molecule has 1 aliphatic heterocycles. The first-order valence-electron chi connectivity index (χ1n) is 7.38. The number of carbonyl (C=O) groups excluding carboxylic acids is 2. The van der Waals surface area contributed by atoms with Crippen molar-refractivity contribution in [2.45, 2.75) is 25.9 Å². The van der Waals surface area contributed by atoms with Crippen LogP contribution in [0.25, 0.3) is 0 Å². The van der Waals surface area contributed by atoms with E-state index in [1.165, 1.54) is 4.90 Å². The van der Waals surface area contributed by atoms with Crippen molar-refractivity contribution in [2.24, 2.45) is 0 Å². The summed E-state index contributed by atoms with van der Waals surface area (Å²) >= 11 is 0. The van der Waals surface area contributed by atoms with Gasteiger partial charge in [-0.1, -0.05) is 30.3 Å². The van der Waals surface area contributed by atoms with Gasteiger partial charge in [-0.2, -0.15) is 0 Å². The van der Waals surface area contributed by atoms with Gasteiger partial charge in [-0.25, -0.2) is 0 Å². The zero-order valence-corrected chi connectivity index (χ0v) is 12.6. The third kappa shape index (κ3) is 2.37. The number of nitrogens with one attached hydrogen (secondary N) is 1. The van der Waals surface area contributed by atoms with Crippen LogP contribution in [0.4, 0.5) is 5.69 Å². The van der Waals surface area contributed by atoms with Crippen LogP contribution in [0.5, 0.6) is 0 Å². The van der Waals surface area contributed by atoms with Crippen molar-refractivity contribution in [1.29, 1.82) is 0 Å². The molecular formula is C18H18N2O2. The smallest absolute Gasteiger partial charge is 0.261 e. The van der Waals surface area contributed by atoms with Crippen molar-refractivity contribution in [3.05, 3.63) is 65.7 Å². The summed E-state index contributed by atoms with van der Waals surface area (Å²) in [5.74, 6) is -0.426. The second kappa shape index (κ2) is 5.64. The summed E-state index contributed by atoms with van der Waals surface area (Å²) in [5.41, 5.74) is 1.95. The Morgan fingerprint density at radius 1 is 0.818 bits per heavy atom. The Kier molecular flexibility index (Phi) is 3.67. The van der Waals surface area contributed by atoms with Gasteiger partial charge in [0.15, 0.2) is 0 Å². The molecule has 112 valence electrons. The lowest BCUT2D eigenvalue weighted by molar-refractivity contribution is 0.0585. The fraction of sp³-hybridized carbons (Fsp3) is 0.222. The van der Waals surface area contributed by atoms with E-state index in [0.717, 1.165) is 5.69 Å². The number of fused-ring (bicyclic) bond motifs is 1. The van der Waals surface area contributed by atoms with E-state index in [0.29, 0.717) is 11.1 Å². The molecule has 2 aromatic carbocycles. The number of para-hydroxylation sites is 1. The SMILES string of the molecule is CC(Nc1ccccc1)C(C)N1C(=O)c2ccccc2C1=O. The fourth-order valence-electron chi connectivity index (χ4n) is 2.72. The van der Waals surface area contributed by atoms with Crippen LogP contribution in [0.2, 0.25) is 0 Å². The lowest BCUT2D eigenvalue weighted by Crippen LogP contribution is -2.46. The maximum absolute atomic E-state index is 12.5. The average molecular weight is 294 g/mol. The lowest BCUT2D eigenvalue weighted by atomic mass is 10.1. The number of benzene rings is 2. The monoisotopic (exact) mass is 294 g/mol. The third-order valence-electron chi connectivity index (χ3n) is 4.12. The van der Waals surface area contributed by atoms with Crippen molar-refractivity contribution < 1.29 is 9.59 Å². The summed E-state index contributed by atoms with van der Waals surface area (Å²) in [7, 11) is 0. The van der Waals surface area contributed by atoms with E-state index in [1.54, 1.807) is 24.3 Å². The van der Waals surface area contributed by atoms with Crippen molar-refractivity contribution in [1.82, 2.24) is 4.90 Å². The number of imide groups is 1. The van der Waals surface area contributed by atoms with Crippen molar-refractivity contribution in [3.63, 3.8) is 0 Å². The second-order valence-electron chi connectivity index (χ2n) is 5.57. The third-order valence-corrected chi connectivity index (χ3v) is 4.12. The highest BCUT2D eigenvalue weighted by Crippen LogP contribution is 2.26. The number of nitrogens with zero attached hydrogens (tertiary/aromatic N) is 1. The summed E-state index contributed by atoms with van der Waals surface area (Å²) in [4.78, 5) is 26.3. The van der Waals surface area contributed by atoms with Gasteiger partial charge >= 0.3 is 0 Å². The zero-order chi connectivity index (χ0) is 15.7. The predicted molar refractivity (Wildman–Crippen MR) is 85.9 cm³/mol. The highest BCUT2D eigenvalue weighted by molar-refractivity contribution is 6.21. The van der Waals surface area contributed by atoms with Gasteiger partial charge in [0.1, 0.15) is 0 Å². The largest absolute Gasteiger partial charge is 0.381 e. The topological polar surface area (TPSA) is 49.4 Å². The van der Waals surface area contributed by atoms with Crippen molar-refractivity contribution >= 4 is 17.5 Å². The van der Waals surface area contributed by atoms with E-state index in [-0.39, 0.29) is 23.9 Å². The number of hydrogen-bond acceptors (Lipinski definition) is 3. The number of carbonyl (C=O) groups is 2. The maximum Gasteiger partial charge on any atom is 0.261 e. The van der Waals surface area contributed by atoms with E-state index in [9.17, 15) is 9.59 Å². The minimum Gasteiger partial charge on any atom is -0.381 e. The minimum absolute atomic E-state index is 0.0513. The first-order chi connectivity index (χ1) is 10.6. The second-order valence-corrected chi connectivity index (χ2v) is 5.57. The molecule has 3 rings (SSSR count). The Balaban J connectivity index is 1.80. The van der Waals surface area contributed by atoms with Crippen LogP contribution in [-0.4, -0.2) is 28.8 Å². The van der Waals surface area contributed by atoms with Crippen LogP contribution in [0.3, 0.4) is 0 Å². The average Bonchev–Trinajstić information content (AvgIpc) is 2.79. The molecule has 2 amide bonds. The molecule has 0 radical (unpaired) electrons. The van der Waals surface area contributed by atoms with Crippen LogP contribution in [-0.2, 0) is 0 Å². The van der Waals surface area contributed by atoms with E-state index < -0.39 is 0 Å². The molecule has 4 heteroatoms. The Labute approximate surface area is 129 Å². The molecule has 0 saturated heterocycles. The molecule has 2 aromatic rings. The van der Waals surface area contributed by atoms with E-state index in [1.807, 2.05) is 44.2 Å². The van der Waals surface area contributed by atoms with E-state index >= 15 is 0 Å². The number of rotatable bonds is 4. The molecule has 0 bridgehead atoms. The Bertz CT molecular complexity index is 677. The molecule has 4 nitrogen and oxygen atoms in total. The van der Waals surface area contributed by atoms with Gasteiger partial charge < -0.3 is 5.32 Å². The van der Waals surface area contributed by atoms with Crippen LogP contribution in [0, 0.1) is 0 Å². The van der Waals surface area contributed by atoms with Crippen LogP contribution < -0.4 is 5.32 Å². The first-order valence-corrected chi connectivity index (χ1v) is 7.38. The molecule has 0 saturated carbocycles. The van der Waals surface area contributed by atoms with E-state index in [4.69, 9.17) is 0 Å². The Morgan fingerprint density at radius 3 is 1.86 bits per heavy atom. The molecule has 0 aliphatic carbocycles. The molecule has 2 atom stereocenters. The number of amides is 2. The summed E-state index contributed by atoms with van der Waals surface area (Å²) in [5, 5.41) is 3.34. The van der Waals surface area contributed by atoms with Gasteiger partial charge in [-0.3, -0.25) is 14.5 Å². The quantitative estimate of drug-likeness (QED) is 0.881. The molecular weight excluding hydrogens is 276 g/mol. The molecule has 1 heterocycles. The molecule has 0 aromatic heterocycles. The number of anilines is 1. The highest BCUT2D eigenvalue weighted by Gasteiger charge is 2.39.